The van der Waals surface area contributed by atoms with Crippen LogP contribution in [0.25, 0.3) is 11.4 Å². The van der Waals surface area contributed by atoms with E-state index >= 15 is 0 Å². The van der Waals surface area contributed by atoms with Gasteiger partial charge in [-0.3, -0.25) is 9.48 Å². The van der Waals surface area contributed by atoms with E-state index in [1.54, 1.807) is 16.9 Å². The molecule has 4 saturated carbocycles. The molecule has 4 fully saturated rings. The highest BCUT2D eigenvalue weighted by Crippen LogP contribution is 2.55. The van der Waals surface area contributed by atoms with Gasteiger partial charge in [-0.2, -0.15) is 5.10 Å². The summed E-state index contributed by atoms with van der Waals surface area (Å²) in [5.74, 6) is 1.14. The largest absolute Gasteiger partial charge is 0.390 e. The summed E-state index contributed by atoms with van der Waals surface area (Å²) in [5.41, 5.74) is 0.709. The van der Waals surface area contributed by atoms with Crippen LogP contribution in [-0.4, -0.2) is 37.6 Å². The predicted molar refractivity (Wildman–Crippen MR) is 107 cm³/mol. The second kappa shape index (κ2) is 6.32. The van der Waals surface area contributed by atoms with E-state index in [1.165, 1.54) is 0 Å². The summed E-state index contributed by atoms with van der Waals surface area (Å²) in [6, 6.07) is 1.71. The lowest BCUT2D eigenvalue weighted by Crippen LogP contribution is -2.61. The quantitative estimate of drug-likeness (QED) is 0.794. The Morgan fingerprint density at radius 2 is 2.00 bits per heavy atom. The van der Waals surface area contributed by atoms with Crippen LogP contribution >= 0.6 is 11.6 Å². The molecule has 156 valence electrons. The molecule has 7 nitrogen and oxygen atoms in total. The summed E-state index contributed by atoms with van der Waals surface area (Å²) in [6.07, 6.45) is 6.29. The Hall–Kier alpha value is -1.86. The first-order valence-electron chi connectivity index (χ1n) is 10.4. The van der Waals surface area contributed by atoms with E-state index < -0.39 is 5.60 Å². The summed E-state index contributed by atoms with van der Waals surface area (Å²) in [6.45, 7) is 6.06. The number of rotatable bonds is 3. The minimum Gasteiger partial charge on any atom is -0.390 e. The third-order valence-corrected chi connectivity index (χ3v) is 7.09. The Morgan fingerprint density at radius 3 is 2.55 bits per heavy atom. The Morgan fingerprint density at radius 1 is 1.31 bits per heavy atom. The first-order chi connectivity index (χ1) is 13.6. The molecule has 2 heterocycles. The van der Waals surface area contributed by atoms with Crippen molar-refractivity contribution in [3.63, 3.8) is 0 Å². The number of hydrogen-bond donors (Lipinski definition) is 2. The maximum absolute atomic E-state index is 13.3. The molecule has 2 aromatic heterocycles. The van der Waals surface area contributed by atoms with Crippen molar-refractivity contribution in [2.45, 2.75) is 70.1 Å². The Labute approximate surface area is 174 Å². The van der Waals surface area contributed by atoms with Crippen LogP contribution in [0.4, 0.5) is 0 Å². The number of carbonyl (C=O) groups is 1. The minimum atomic E-state index is -0.516. The topological polar surface area (TPSA) is 93.2 Å². The number of nitrogens with one attached hydrogen (secondary N) is 1. The van der Waals surface area contributed by atoms with Crippen molar-refractivity contribution in [3.8, 4) is 11.4 Å². The molecule has 2 aromatic rings. The Balaban J connectivity index is 1.46. The van der Waals surface area contributed by atoms with Crippen LogP contribution in [0, 0.1) is 17.8 Å². The van der Waals surface area contributed by atoms with Gasteiger partial charge in [0.25, 0.3) is 5.91 Å². The number of carbonyl (C=O) groups excluding carboxylic acids is 1. The molecule has 6 rings (SSSR count). The van der Waals surface area contributed by atoms with Gasteiger partial charge in [0.15, 0.2) is 0 Å². The van der Waals surface area contributed by atoms with Gasteiger partial charge in [0, 0.05) is 12.1 Å². The number of amides is 1. The lowest BCUT2D eigenvalue weighted by atomic mass is 9.52. The highest BCUT2D eigenvalue weighted by molar-refractivity contribution is 6.29. The zero-order valence-corrected chi connectivity index (χ0v) is 17.7. The number of aliphatic hydroxyl groups is 1. The number of halogens is 1. The molecule has 4 aliphatic rings. The van der Waals surface area contributed by atoms with Gasteiger partial charge in [0.1, 0.15) is 11.4 Å². The molecule has 0 radical (unpaired) electrons. The van der Waals surface area contributed by atoms with Gasteiger partial charge in [-0.1, -0.05) is 5.16 Å². The lowest BCUT2D eigenvalue weighted by Gasteiger charge is -2.58. The van der Waals surface area contributed by atoms with Gasteiger partial charge in [-0.25, -0.2) is 0 Å². The van der Waals surface area contributed by atoms with Crippen molar-refractivity contribution < 1.29 is 14.4 Å². The Kier molecular flexibility index (Phi) is 4.17. The third kappa shape index (κ3) is 3.19. The molecular weight excluding hydrogens is 392 g/mol. The fourth-order valence-electron chi connectivity index (χ4n) is 6.08. The highest BCUT2D eigenvalue weighted by atomic mass is 35.5. The Bertz CT molecular complexity index is 944. The molecule has 0 saturated heterocycles. The van der Waals surface area contributed by atoms with Crippen LogP contribution in [-0.2, 0) is 5.54 Å². The van der Waals surface area contributed by atoms with Crippen molar-refractivity contribution in [3.05, 3.63) is 23.0 Å². The van der Waals surface area contributed by atoms with Gasteiger partial charge < -0.3 is 14.9 Å². The lowest BCUT2D eigenvalue weighted by molar-refractivity contribution is -0.136. The monoisotopic (exact) mass is 418 g/mol. The molecule has 2 N–H and O–H groups in total. The number of nitrogens with zero attached hydrogens (tertiary/aromatic N) is 3. The molecule has 4 bridgehead atoms. The van der Waals surface area contributed by atoms with Crippen LogP contribution in [0.15, 0.2) is 16.8 Å². The van der Waals surface area contributed by atoms with Crippen LogP contribution in [0.5, 0.6) is 0 Å². The van der Waals surface area contributed by atoms with Crippen LogP contribution in [0.2, 0.25) is 5.22 Å². The molecular formula is C21H27ClN4O3. The highest BCUT2D eigenvalue weighted by Gasteiger charge is 2.55. The van der Waals surface area contributed by atoms with Gasteiger partial charge in [0.2, 0.25) is 5.22 Å². The zero-order valence-electron chi connectivity index (χ0n) is 17.0. The molecule has 4 aliphatic carbocycles. The first-order valence-corrected chi connectivity index (χ1v) is 10.8. The van der Waals surface area contributed by atoms with Gasteiger partial charge in [0.05, 0.1) is 22.9 Å². The van der Waals surface area contributed by atoms with E-state index in [-0.39, 0.29) is 22.7 Å². The average molecular weight is 419 g/mol. The normalized spacial score (nSPS) is 33.3. The van der Waals surface area contributed by atoms with E-state index in [2.05, 4.69) is 15.6 Å². The summed E-state index contributed by atoms with van der Waals surface area (Å²) in [4.78, 5) is 13.3. The van der Waals surface area contributed by atoms with E-state index in [9.17, 15) is 9.90 Å². The molecule has 1 amide bonds. The fraction of sp³-hybridized carbons (Fsp3) is 0.667. The molecule has 0 aliphatic heterocycles. The summed E-state index contributed by atoms with van der Waals surface area (Å²) in [5, 5.41) is 22.8. The predicted octanol–water partition coefficient (Wildman–Crippen LogP) is 3.62. The van der Waals surface area contributed by atoms with Gasteiger partial charge >= 0.3 is 0 Å². The molecule has 8 heteroatoms. The molecule has 29 heavy (non-hydrogen) atoms. The number of hydrogen-bond acceptors (Lipinski definition) is 5. The molecule has 0 aromatic carbocycles. The fourth-order valence-corrected chi connectivity index (χ4v) is 6.22. The number of aromatic nitrogens is 3. The second-order valence-corrected chi connectivity index (χ2v) is 10.6. The van der Waals surface area contributed by atoms with Crippen molar-refractivity contribution in [1.29, 1.82) is 0 Å². The van der Waals surface area contributed by atoms with Crippen molar-refractivity contribution in [2.75, 3.05) is 0 Å². The SMILES string of the molecule is CC(C)(C)n1ncc(C(=O)NC2C3CC4CC2CC(O)(C4)C3)c1-c1cc(Cl)on1. The maximum Gasteiger partial charge on any atom is 0.255 e. The average Bonchev–Trinajstić information content (AvgIpc) is 3.22. The second-order valence-electron chi connectivity index (χ2n) is 10.2. The van der Waals surface area contributed by atoms with Crippen molar-refractivity contribution in [1.82, 2.24) is 20.3 Å². The minimum absolute atomic E-state index is 0.103. The van der Waals surface area contributed by atoms with E-state index in [1.807, 2.05) is 20.8 Å². The first kappa shape index (κ1) is 19.1. The summed E-state index contributed by atoms with van der Waals surface area (Å²) < 4.78 is 6.83. The smallest absolute Gasteiger partial charge is 0.255 e. The van der Waals surface area contributed by atoms with Gasteiger partial charge in [-0.15, -0.1) is 0 Å². The standard InChI is InChI=1S/C21H27ClN4O3/c1-20(2,3)26-18(15-6-16(22)29-25-15)14(10-23-26)19(27)24-17-12-4-11-5-13(17)9-21(28,7-11)8-12/h6,10-13,17,28H,4-5,7-9H2,1-3H3,(H,24,27). The van der Waals surface area contributed by atoms with Crippen LogP contribution < -0.4 is 5.32 Å². The van der Waals surface area contributed by atoms with E-state index in [4.69, 9.17) is 16.1 Å². The van der Waals surface area contributed by atoms with Crippen molar-refractivity contribution >= 4 is 17.5 Å². The molecule has 2 unspecified atom stereocenters. The van der Waals surface area contributed by atoms with Gasteiger partial charge in [-0.05, 0) is 82.2 Å². The summed E-state index contributed by atoms with van der Waals surface area (Å²) >= 11 is 5.94. The van der Waals surface area contributed by atoms with Crippen molar-refractivity contribution in [2.24, 2.45) is 17.8 Å². The third-order valence-electron chi connectivity index (χ3n) is 6.91. The van der Waals surface area contributed by atoms with E-state index in [0.29, 0.717) is 34.7 Å². The molecule has 0 spiro atoms. The maximum atomic E-state index is 13.3. The molecule has 2 atom stereocenters. The van der Waals surface area contributed by atoms with E-state index in [0.717, 1.165) is 32.1 Å². The summed E-state index contributed by atoms with van der Waals surface area (Å²) in [7, 11) is 0. The van der Waals surface area contributed by atoms with Crippen LogP contribution in [0.1, 0.15) is 63.2 Å². The van der Waals surface area contributed by atoms with Crippen LogP contribution in [0.3, 0.4) is 0 Å². The zero-order chi connectivity index (χ0) is 20.6.